The zero-order valence-electron chi connectivity index (χ0n) is 37.2. The molecule has 9 rings (SSSR count). The minimum atomic E-state index is -4.51. The monoisotopic (exact) mass is 922 g/mol. The number of ether oxygens (including phenoxy) is 1. The average Bonchev–Trinajstić information content (AvgIpc) is 3.76. The Balaban J connectivity index is 0.892. The summed E-state index contributed by atoms with van der Waals surface area (Å²) in [4.78, 5) is 42.1. The molecule has 1 spiro atoms. The summed E-state index contributed by atoms with van der Waals surface area (Å²) in [6.45, 7) is 9.22. The van der Waals surface area contributed by atoms with Crippen LogP contribution in [0.3, 0.4) is 0 Å². The van der Waals surface area contributed by atoms with E-state index in [0.29, 0.717) is 54.2 Å². The molecule has 4 N–H and O–H groups in total. The van der Waals surface area contributed by atoms with Gasteiger partial charge >= 0.3 is 0 Å². The lowest BCUT2D eigenvalue weighted by Gasteiger charge is -2.57. The second-order valence-corrected chi connectivity index (χ2v) is 22.5. The van der Waals surface area contributed by atoms with Crippen molar-refractivity contribution in [3.63, 3.8) is 0 Å². The van der Waals surface area contributed by atoms with Crippen LogP contribution in [0.15, 0.2) is 89.3 Å². The number of carbonyl (C=O) groups excluding carboxylic acids is 1. The molecule has 2 aromatic carbocycles. The second-order valence-electron chi connectivity index (χ2n) is 19.2. The summed E-state index contributed by atoms with van der Waals surface area (Å²) in [5.74, 6) is 1.76. The maximum absolute atomic E-state index is 14.0. The smallest absolute Gasteiger partial charge is 0.268 e. The van der Waals surface area contributed by atoms with E-state index in [1.54, 1.807) is 30.6 Å². The summed E-state index contributed by atoms with van der Waals surface area (Å²) in [7, 11) is -5.35. The molecule has 3 aromatic heterocycles. The van der Waals surface area contributed by atoms with Crippen LogP contribution in [-0.2, 0) is 20.8 Å². The molecule has 4 fully saturated rings. The van der Waals surface area contributed by atoms with Gasteiger partial charge in [0.25, 0.3) is 15.9 Å². The molecule has 17 heteroatoms. The maximum Gasteiger partial charge on any atom is 0.268 e. The van der Waals surface area contributed by atoms with Crippen molar-refractivity contribution < 1.29 is 27.3 Å². The number of amides is 1. The molecule has 2 saturated carbocycles. The van der Waals surface area contributed by atoms with Crippen molar-refractivity contribution in [3.8, 4) is 11.5 Å². The summed E-state index contributed by atoms with van der Waals surface area (Å²) >= 11 is 0. The number of nitroso groups, excluding NO2 is 1. The van der Waals surface area contributed by atoms with Crippen LogP contribution in [0.2, 0.25) is 0 Å². The van der Waals surface area contributed by atoms with Crippen LogP contribution in [-0.4, -0.2) is 92.8 Å². The van der Waals surface area contributed by atoms with E-state index >= 15 is 0 Å². The van der Waals surface area contributed by atoms with Gasteiger partial charge in [-0.3, -0.25) is 13.9 Å². The van der Waals surface area contributed by atoms with Crippen LogP contribution >= 0.6 is 0 Å². The highest BCUT2D eigenvalue weighted by Crippen LogP contribution is 2.53. The fraction of sp³-hybridized carbons (Fsp3) is 0.479. The Labute approximate surface area is 382 Å². The average molecular weight is 923 g/mol. The van der Waals surface area contributed by atoms with Crippen molar-refractivity contribution in [1.82, 2.24) is 24.6 Å². The number of pyridine rings is 2. The number of anilines is 2. The molecule has 344 valence electrons. The van der Waals surface area contributed by atoms with E-state index in [1.165, 1.54) is 11.1 Å². The number of benzene rings is 2. The zero-order chi connectivity index (χ0) is 45.5. The number of fused-ring (bicyclic) bond motifs is 1. The number of aromatic nitrogens is 3. The van der Waals surface area contributed by atoms with Gasteiger partial charge in [-0.1, -0.05) is 38.1 Å². The van der Waals surface area contributed by atoms with Crippen LogP contribution in [0.4, 0.5) is 17.2 Å². The Kier molecular flexibility index (Phi) is 12.6. The first kappa shape index (κ1) is 44.9. The van der Waals surface area contributed by atoms with Gasteiger partial charge in [0, 0.05) is 90.1 Å². The fourth-order valence-corrected chi connectivity index (χ4v) is 12.7. The Morgan fingerprint density at radius 2 is 1.78 bits per heavy atom. The molecule has 15 nitrogen and oxygen atoms in total. The number of H-pyrrole nitrogens is 1. The van der Waals surface area contributed by atoms with Crippen LogP contribution in [0.1, 0.15) is 106 Å². The predicted molar refractivity (Wildman–Crippen MR) is 253 cm³/mol. The Hall–Kier alpha value is -5.23. The topological polar surface area (TPSA) is 199 Å². The lowest BCUT2D eigenvalue weighted by atomic mass is 9.59. The molecule has 0 radical (unpaired) electrons. The first-order valence-corrected chi connectivity index (χ1v) is 25.7. The molecule has 0 bridgehead atoms. The van der Waals surface area contributed by atoms with Crippen molar-refractivity contribution in [2.24, 2.45) is 16.5 Å². The van der Waals surface area contributed by atoms with Gasteiger partial charge in [0.1, 0.15) is 22.0 Å². The molecule has 65 heavy (non-hydrogen) atoms. The van der Waals surface area contributed by atoms with Crippen LogP contribution < -0.4 is 19.7 Å². The normalized spacial score (nSPS) is 23.9. The van der Waals surface area contributed by atoms with E-state index < -0.39 is 37.2 Å². The van der Waals surface area contributed by atoms with Crippen molar-refractivity contribution in [2.45, 2.75) is 101 Å². The molecule has 5 heterocycles. The predicted octanol–water partition coefficient (Wildman–Crippen LogP) is 8.30. The summed E-state index contributed by atoms with van der Waals surface area (Å²) in [5.41, 5.74) is 3.50. The lowest BCUT2D eigenvalue weighted by Crippen LogP contribution is -2.58. The molecule has 2 saturated heterocycles. The first-order chi connectivity index (χ1) is 31.2. The van der Waals surface area contributed by atoms with Crippen molar-refractivity contribution in [1.29, 1.82) is 0 Å². The third-order valence-electron chi connectivity index (χ3n) is 14.3. The SMILES string of the molecule is CC(C)c1ccccc1[C@H]1CS(=O)CCN1C1CC2(CCN(c3ccc(C(=O)NS(=O)(=O)c4cnc(NCC5CCC(C)(O)CC5)c(N=O)c4)c(Oc4cnc5[nH]ccc5c4)c3)CC2)C1. The third-order valence-corrected chi connectivity index (χ3v) is 16.9. The Bertz CT molecular complexity index is 2700. The number of piperidine rings is 1. The number of sulfonamides is 1. The molecular formula is C48H58N8O7S2. The third kappa shape index (κ3) is 9.70. The number of hydrogen-bond donors (Lipinski definition) is 4. The van der Waals surface area contributed by atoms with Gasteiger partial charge in [0.15, 0.2) is 11.5 Å². The van der Waals surface area contributed by atoms with Crippen molar-refractivity contribution in [2.75, 3.05) is 47.9 Å². The summed E-state index contributed by atoms with van der Waals surface area (Å²) in [6, 6.07) is 19.2. The van der Waals surface area contributed by atoms with Gasteiger partial charge in [-0.25, -0.2) is 23.1 Å². The molecule has 2 aliphatic heterocycles. The van der Waals surface area contributed by atoms with Gasteiger partial charge in [0.05, 0.1) is 17.4 Å². The molecular weight excluding hydrogens is 865 g/mol. The van der Waals surface area contributed by atoms with Gasteiger partial charge in [-0.05, 0) is 122 Å². The summed E-state index contributed by atoms with van der Waals surface area (Å²) < 4.78 is 48.8. The lowest BCUT2D eigenvalue weighted by molar-refractivity contribution is -0.0315. The minimum Gasteiger partial charge on any atom is -0.455 e. The van der Waals surface area contributed by atoms with Gasteiger partial charge in [0.2, 0.25) is 0 Å². The second kappa shape index (κ2) is 18.2. The van der Waals surface area contributed by atoms with E-state index in [-0.39, 0.29) is 40.2 Å². The molecule has 5 aromatic rings. The van der Waals surface area contributed by atoms with Gasteiger partial charge in [-0.15, -0.1) is 4.91 Å². The summed E-state index contributed by atoms with van der Waals surface area (Å²) in [6.07, 6.45) is 11.5. The van der Waals surface area contributed by atoms with Crippen molar-refractivity contribution in [3.05, 3.63) is 101 Å². The summed E-state index contributed by atoms with van der Waals surface area (Å²) in [5, 5.41) is 17.2. The number of rotatable bonds is 13. The standard InChI is InChI=1S/C48H58N8O7S2/c1-31(2)38-6-4-5-7-39(38)42-30-64(60)21-20-56(42)35-25-48(26-35)15-18-55(19-16-48)34-8-9-40(43(23-34)63-36-22-33-12-17-49-44(33)51-28-36)46(57)54-65(61,62)37-24-41(53-59)45(52-29-37)50-27-32-10-13-47(3,58)14-11-32/h4-9,12,17,22-24,28-29,31-32,35,42,58H,10-11,13-16,18-21,25-27,30H2,1-3H3,(H,49,51)(H,50,52)(H,54,57)/t32?,42-,47?,64?/m1/s1. The highest BCUT2D eigenvalue weighted by Gasteiger charge is 2.50. The van der Waals surface area contributed by atoms with E-state index in [1.807, 2.05) is 19.1 Å². The first-order valence-electron chi connectivity index (χ1n) is 22.7. The fourth-order valence-electron chi connectivity index (χ4n) is 10.4. The van der Waals surface area contributed by atoms with Crippen molar-refractivity contribution >= 4 is 55.0 Å². The largest absolute Gasteiger partial charge is 0.455 e. The Morgan fingerprint density at radius 3 is 2.54 bits per heavy atom. The minimum absolute atomic E-state index is 0.00990. The van der Waals surface area contributed by atoms with E-state index in [4.69, 9.17) is 4.74 Å². The number of aromatic amines is 1. The highest BCUT2D eigenvalue weighted by atomic mass is 32.2. The quantitative estimate of drug-likeness (QED) is 0.0826. The molecule has 2 atom stereocenters. The van der Waals surface area contributed by atoms with E-state index in [9.17, 15) is 27.4 Å². The highest BCUT2D eigenvalue weighted by molar-refractivity contribution is 7.90. The van der Waals surface area contributed by atoms with Gasteiger partial charge in [-0.2, -0.15) is 0 Å². The van der Waals surface area contributed by atoms with Crippen LogP contribution in [0.25, 0.3) is 11.0 Å². The van der Waals surface area contributed by atoms with E-state index in [2.05, 4.69) is 78.1 Å². The molecule has 2 aliphatic carbocycles. The van der Waals surface area contributed by atoms with E-state index in [0.717, 1.165) is 81.5 Å². The number of hydrogen-bond acceptors (Lipinski definition) is 13. The molecule has 4 aliphatic rings. The Morgan fingerprint density at radius 1 is 1.02 bits per heavy atom. The zero-order valence-corrected chi connectivity index (χ0v) is 38.8. The number of nitrogens with zero attached hydrogens (tertiary/aromatic N) is 5. The number of aliphatic hydroxyl groups is 1. The maximum atomic E-state index is 14.0. The van der Waals surface area contributed by atoms with Gasteiger partial charge < -0.3 is 25.0 Å². The molecule has 1 amide bonds. The number of carbonyl (C=O) groups is 1. The number of nitrogens with one attached hydrogen (secondary N) is 3. The van der Waals surface area contributed by atoms with Crippen LogP contribution in [0, 0.1) is 16.2 Å². The van der Waals surface area contributed by atoms with Crippen LogP contribution in [0.5, 0.6) is 11.5 Å². The molecule has 1 unspecified atom stereocenters.